The highest BCUT2D eigenvalue weighted by Gasteiger charge is 2.70. The van der Waals surface area contributed by atoms with E-state index in [0.717, 1.165) is 11.3 Å². The van der Waals surface area contributed by atoms with Gasteiger partial charge in [-0.25, -0.2) is 4.98 Å². The number of nitrogens with zero attached hydrogens (tertiary/aromatic N) is 3. The predicted octanol–water partition coefficient (Wildman–Crippen LogP) is 2.02. The van der Waals surface area contributed by atoms with Crippen molar-refractivity contribution in [1.29, 1.82) is 0 Å². The molecular formula is C25H31N3O4. The number of carbonyl (C=O) groups excluding carboxylic acids is 1. The van der Waals surface area contributed by atoms with E-state index in [4.69, 9.17) is 4.74 Å². The highest BCUT2D eigenvalue weighted by molar-refractivity contribution is 5.98. The Morgan fingerprint density at radius 2 is 2.03 bits per heavy atom. The van der Waals surface area contributed by atoms with Crippen molar-refractivity contribution in [3.63, 3.8) is 0 Å². The molecule has 1 amide bonds. The molecule has 2 aromatic rings. The van der Waals surface area contributed by atoms with Crippen molar-refractivity contribution in [3.8, 4) is 5.88 Å². The van der Waals surface area contributed by atoms with E-state index < -0.39 is 6.10 Å². The zero-order chi connectivity index (χ0) is 22.6. The highest BCUT2D eigenvalue weighted by atomic mass is 16.5. The number of amides is 1. The number of likely N-dealkylation sites (tertiary alicyclic amines) is 1. The summed E-state index contributed by atoms with van der Waals surface area (Å²) in [5, 5.41) is 21.1. The summed E-state index contributed by atoms with van der Waals surface area (Å²) < 4.78 is 5.57. The van der Waals surface area contributed by atoms with Crippen molar-refractivity contribution < 1.29 is 19.7 Å². The number of pyridine rings is 1. The molecule has 170 valence electrons. The summed E-state index contributed by atoms with van der Waals surface area (Å²) in [6.07, 6.45) is -0.517. The first-order valence-corrected chi connectivity index (χ1v) is 11.3. The second kappa shape index (κ2) is 7.83. The molecule has 2 N–H and O–H groups in total. The van der Waals surface area contributed by atoms with Gasteiger partial charge in [-0.15, -0.1) is 0 Å². The van der Waals surface area contributed by atoms with Crippen LogP contribution in [0.1, 0.15) is 46.9 Å². The van der Waals surface area contributed by atoms with E-state index in [1.54, 1.807) is 7.11 Å². The van der Waals surface area contributed by atoms with E-state index in [1.165, 1.54) is 5.56 Å². The summed E-state index contributed by atoms with van der Waals surface area (Å²) in [5.74, 6) is 0.740. The maximum atomic E-state index is 12.8. The fraction of sp³-hybridized carbons (Fsp3) is 0.520. The molecule has 2 fully saturated rings. The molecule has 0 bridgehead atoms. The van der Waals surface area contributed by atoms with Gasteiger partial charge in [0.25, 0.3) is 5.91 Å². The van der Waals surface area contributed by atoms with Gasteiger partial charge in [-0.3, -0.25) is 9.69 Å². The highest BCUT2D eigenvalue weighted by Crippen LogP contribution is 2.68. The number of ether oxygens (including phenoxy) is 1. The Hall–Kier alpha value is -2.48. The number of methoxy groups -OCH3 is 1. The van der Waals surface area contributed by atoms with Gasteiger partial charge in [-0.1, -0.05) is 30.3 Å². The SMILES string of the molecule is COc1nc2c(cc1CN1C[C@H](O)[C@@]3(C1)[C@H](CO)[C@H]3c1ccccc1)C(=O)N(C(C)C)C2. The van der Waals surface area contributed by atoms with Crippen LogP contribution in [0.15, 0.2) is 36.4 Å². The van der Waals surface area contributed by atoms with Gasteiger partial charge in [0.05, 0.1) is 31.0 Å². The third kappa shape index (κ3) is 3.14. The lowest BCUT2D eigenvalue weighted by Crippen LogP contribution is -2.30. The summed E-state index contributed by atoms with van der Waals surface area (Å²) in [7, 11) is 1.60. The molecule has 5 rings (SSSR count). The van der Waals surface area contributed by atoms with Crippen molar-refractivity contribution in [2.45, 2.75) is 45.0 Å². The van der Waals surface area contributed by atoms with Crippen LogP contribution in [0, 0.1) is 11.3 Å². The number of fused-ring (bicyclic) bond motifs is 1. The number of hydrogen-bond acceptors (Lipinski definition) is 6. The molecule has 3 aliphatic rings. The first-order chi connectivity index (χ1) is 15.4. The molecular weight excluding hydrogens is 406 g/mol. The quantitative estimate of drug-likeness (QED) is 0.719. The van der Waals surface area contributed by atoms with Crippen LogP contribution in [0.4, 0.5) is 0 Å². The number of aromatic nitrogens is 1. The van der Waals surface area contributed by atoms with Gasteiger partial charge in [-0.2, -0.15) is 0 Å². The molecule has 1 aromatic heterocycles. The number of carbonyl (C=O) groups is 1. The fourth-order valence-corrected chi connectivity index (χ4v) is 6.00. The lowest BCUT2D eigenvalue weighted by Gasteiger charge is -2.19. The summed E-state index contributed by atoms with van der Waals surface area (Å²) in [6, 6.07) is 12.2. The molecule has 7 nitrogen and oxygen atoms in total. The predicted molar refractivity (Wildman–Crippen MR) is 119 cm³/mol. The second-order valence-corrected chi connectivity index (χ2v) is 9.65. The minimum absolute atomic E-state index is 0.0102. The number of hydrogen-bond donors (Lipinski definition) is 2. The normalized spacial score (nSPS) is 29.2. The Balaban J connectivity index is 1.39. The van der Waals surface area contributed by atoms with Crippen molar-refractivity contribution >= 4 is 5.91 Å². The van der Waals surface area contributed by atoms with Gasteiger partial charge in [-0.05, 0) is 37.3 Å². The third-order valence-electron chi connectivity index (χ3n) is 7.63. The maximum Gasteiger partial charge on any atom is 0.256 e. The van der Waals surface area contributed by atoms with Gasteiger partial charge < -0.3 is 19.8 Å². The van der Waals surface area contributed by atoms with E-state index in [-0.39, 0.29) is 35.8 Å². The van der Waals surface area contributed by atoms with E-state index >= 15 is 0 Å². The van der Waals surface area contributed by atoms with Gasteiger partial charge in [0.2, 0.25) is 5.88 Å². The average molecular weight is 438 g/mol. The average Bonchev–Trinajstić information content (AvgIpc) is 3.17. The van der Waals surface area contributed by atoms with Crippen LogP contribution in [0.25, 0.3) is 0 Å². The molecule has 1 saturated carbocycles. The Kier molecular flexibility index (Phi) is 5.23. The number of rotatable bonds is 6. The van der Waals surface area contributed by atoms with Crippen molar-refractivity contribution in [1.82, 2.24) is 14.8 Å². The number of aliphatic hydroxyl groups is 2. The fourth-order valence-electron chi connectivity index (χ4n) is 6.00. The molecule has 0 unspecified atom stereocenters. The lowest BCUT2D eigenvalue weighted by atomic mass is 9.95. The van der Waals surface area contributed by atoms with E-state index in [1.807, 2.05) is 43.0 Å². The zero-order valence-corrected chi connectivity index (χ0v) is 18.9. The van der Waals surface area contributed by atoms with Crippen LogP contribution in [-0.4, -0.2) is 69.9 Å². The van der Waals surface area contributed by atoms with Crippen LogP contribution < -0.4 is 4.74 Å². The Morgan fingerprint density at radius 1 is 1.28 bits per heavy atom. The number of β-amino-alcohol motifs (C(OH)–C–C–N with tert-alkyl or cyclic N) is 1. The molecule has 1 spiro atoms. The molecule has 2 aliphatic heterocycles. The largest absolute Gasteiger partial charge is 0.481 e. The molecule has 1 aromatic carbocycles. The van der Waals surface area contributed by atoms with Crippen molar-refractivity contribution in [2.24, 2.45) is 11.3 Å². The van der Waals surface area contributed by atoms with E-state index in [0.29, 0.717) is 37.6 Å². The summed E-state index contributed by atoms with van der Waals surface area (Å²) >= 11 is 0. The maximum absolute atomic E-state index is 12.8. The monoisotopic (exact) mass is 437 g/mol. The van der Waals surface area contributed by atoms with Crippen molar-refractivity contribution in [2.75, 3.05) is 26.8 Å². The molecule has 3 heterocycles. The summed E-state index contributed by atoms with van der Waals surface area (Å²) in [4.78, 5) is 21.5. The lowest BCUT2D eigenvalue weighted by molar-refractivity contribution is 0.0730. The Bertz CT molecular complexity index is 1030. The van der Waals surface area contributed by atoms with Gasteiger partial charge >= 0.3 is 0 Å². The molecule has 32 heavy (non-hydrogen) atoms. The van der Waals surface area contributed by atoms with E-state index in [2.05, 4.69) is 22.0 Å². The molecule has 0 radical (unpaired) electrons. The summed E-state index contributed by atoms with van der Waals surface area (Å²) in [5.41, 5.74) is 3.09. The second-order valence-electron chi connectivity index (χ2n) is 9.65. The van der Waals surface area contributed by atoms with Crippen LogP contribution in [0.3, 0.4) is 0 Å². The topological polar surface area (TPSA) is 86.1 Å². The van der Waals surface area contributed by atoms with Crippen molar-refractivity contribution in [3.05, 3.63) is 58.8 Å². The van der Waals surface area contributed by atoms with Crippen LogP contribution in [0.2, 0.25) is 0 Å². The smallest absolute Gasteiger partial charge is 0.256 e. The Morgan fingerprint density at radius 3 is 2.69 bits per heavy atom. The third-order valence-corrected chi connectivity index (χ3v) is 7.63. The standard InChI is InChI=1S/C25H31N3O4/c1-15(2)28-11-20-18(24(28)31)9-17(23(26-20)32-3)10-27-12-21(30)25(14-27)19(13-29)22(25)16-7-5-4-6-8-16/h4-9,15,19,21-22,29-30H,10-14H2,1-3H3/t19-,21+,22-,25-/m1/s1. The van der Waals surface area contributed by atoms with Gasteiger partial charge in [0, 0.05) is 43.3 Å². The molecule has 1 aliphatic carbocycles. The van der Waals surface area contributed by atoms with Gasteiger partial charge in [0.15, 0.2) is 0 Å². The molecule has 7 heteroatoms. The zero-order valence-electron chi connectivity index (χ0n) is 18.9. The van der Waals surface area contributed by atoms with Crippen LogP contribution in [0.5, 0.6) is 5.88 Å². The van der Waals surface area contributed by atoms with E-state index in [9.17, 15) is 15.0 Å². The number of aliphatic hydroxyl groups excluding tert-OH is 2. The summed E-state index contributed by atoms with van der Waals surface area (Å²) in [6.45, 7) is 6.32. The van der Waals surface area contributed by atoms with Gasteiger partial charge in [0.1, 0.15) is 0 Å². The Labute approximate surface area is 188 Å². The minimum atomic E-state index is -0.517. The molecule has 4 atom stereocenters. The minimum Gasteiger partial charge on any atom is -0.481 e. The number of benzene rings is 1. The van der Waals surface area contributed by atoms with Crippen LogP contribution >= 0.6 is 0 Å². The molecule has 1 saturated heterocycles. The van der Waals surface area contributed by atoms with Crippen LogP contribution in [-0.2, 0) is 13.1 Å². The first-order valence-electron chi connectivity index (χ1n) is 11.3. The first kappa shape index (κ1) is 21.4.